The number of ether oxygens (including phenoxy) is 1. The van der Waals surface area contributed by atoms with Crippen LogP contribution in [-0.4, -0.2) is 42.2 Å². The molecule has 2 N–H and O–H groups in total. The third-order valence-corrected chi connectivity index (χ3v) is 5.06. The zero-order chi connectivity index (χ0) is 21.8. The number of aromatic nitrogens is 2. The van der Waals surface area contributed by atoms with Crippen LogP contribution in [0.15, 0.2) is 48.5 Å². The van der Waals surface area contributed by atoms with Gasteiger partial charge in [-0.1, -0.05) is 17.2 Å². The van der Waals surface area contributed by atoms with E-state index in [0.29, 0.717) is 24.7 Å². The molecule has 0 spiro atoms. The highest BCUT2D eigenvalue weighted by molar-refractivity contribution is 6.04. The van der Waals surface area contributed by atoms with Crippen LogP contribution in [-0.2, 0) is 4.74 Å². The molecule has 1 aliphatic heterocycles. The average molecular weight is 418 g/mol. The van der Waals surface area contributed by atoms with Gasteiger partial charge in [-0.3, -0.25) is 4.79 Å². The monoisotopic (exact) mass is 417 g/mol. The van der Waals surface area contributed by atoms with Crippen molar-refractivity contribution in [2.75, 3.05) is 41.8 Å². The number of hydrogen-bond donors (Lipinski definition) is 2. The summed E-state index contributed by atoms with van der Waals surface area (Å²) in [6, 6.07) is 15.3. The molecule has 0 saturated carbocycles. The summed E-state index contributed by atoms with van der Waals surface area (Å²) < 4.78 is 5.43. The van der Waals surface area contributed by atoms with Crippen molar-refractivity contribution in [3.8, 4) is 0 Å². The van der Waals surface area contributed by atoms with Crippen LogP contribution < -0.4 is 15.5 Å². The fourth-order valence-electron chi connectivity index (χ4n) is 3.64. The first-order valence-electron chi connectivity index (χ1n) is 10.4. The molecule has 1 amide bonds. The molecule has 0 unspecified atom stereocenters. The molecule has 0 radical (unpaired) electrons. The molecule has 0 aliphatic carbocycles. The van der Waals surface area contributed by atoms with E-state index in [1.807, 2.05) is 63.2 Å². The van der Waals surface area contributed by atoms with Gasteiger partial charge >= 0.3 is 0 Å². The van der Waals surface area contributed by atoms with Crippen molar-refractivity contribution in [3.05, 3.63) is 70.9 Å². The number of hydrogen-bond acceptors (Lipinski definition) is 6. The zero-order valence-corrected chi connectivity index (χ0v) is 18.1. The maximum atomic E-state index is 12.6. The number of carbonyl (C=O) groups is 1. The van der Waals surface area contributed by atoms with Crippen molar-refractivity contribution < 1.29 is 9.53 Å². The highest BCUT2D eigenvalue weighted by Crippen LogP contribution is 2.21. The minimum Gasteiger partial charge on any atom is -0.378 e. The van der Waals surface area contributed by atoms with Gasteiger partial charge in [0.1, 0.15) is 5.82 Å². The lowest BCUT2D eigenvalue weighted by atomic mass is 10.1. The van der Waals surface area contributed by atoms with Crippen LogP contribution in [0.3, 0.4) is 0 Å². The second-order valence-corrected chi connectivity index (χ2v) is 7.82. The standard InChI is InChI=1S/C24H27N5O2/c1-16-12-17(2)14-19(13-16)23(30)26-20-4-6-21(7-5-20)27-24-25-18(3)15-22(28-24)29-8-10-31-11-9-29/h4-7,12-15H,8-11H2,1-3H3,(H,26,30)(H,25,27,28). The quantitative estimate of drug-likeness (QED) is 0.647. The molecule has 1 saturated heterocycles. The Morgan fingerprint density at radius 2 is 1.55 bits per heavy atom. The topological polar surface area (TPSA) is 79.4 Å². The first-order valence-corrected chi connectivity index (χ1v) is 10.4. The van der Waals surface area contributed by atoms with Crippen LogP contribution in [0.4, 0.5) is 23.1 Å². The fourth-order valence-corrected chi connectivity index (χ4v) is 3.64. The molecular weight excluding hydrogens is 390 g/mol. The largest absolute Gasteiger partial charge is 0.378 e. The van der Waals surface area contributed by atoms with Crippen molar-refractivity contribution in [1.82, 2.24) is 9.97 Å². The Kier molecular flexibility index (Phi) is 6.13. The van der Waals surface area contributed by atoms with Crippen molar-refractivity contribution >= 4 is 29.0 Å². The molecule has 7 nitrogen and oxygen atoms in total. The van der Waals surface area contributed by atoms with Crippen molar-refractivity contribution in [3.63, 3.8) is 0 Å². The summed E-state index contributed by atoms with van der Waals surface area (Å²) in [6.07, 6.45) is 0. The van der Waals surface area contributed by atoms with Crippen LogP contribution in [0, 0.1) is 20.8 Å². The summed E-state index contributed by atoms with van der Waals surface area (Å²) in [6.45, 7) is 9.00. The third-order valence-electron chi connectivity index (χ3n) is 5.06. The molecule has 0 bridgehead atoms. The van der Waals surface area contributed by atoms with Gasteiger partial charge in [0.25, 0.3) is 5.91 Å². The second-order valence-electron chi connectivity index (χ2n) is 7.82. The summed E-state index contributed by atoms with van der Waals surface area (Å²) in [5.41, 5.74) is 5.27. The lowest BCUT2D eigenvalue weighted by Gasteiger charge is -2.28. The smallest absolute Gasteiger partial charge is 0.255 e. The number of carbonyl (C=O) groups excluding carboxylic acids is 1. The SMILES string of the molecule is Cc1cc(C)cc(C(=O)Nc2ccc(Nc3nc(C)cc(N4CCOCC4)n3)cc2)c1. The second kappa shape index (κ2) is 9.14. The van der Waals surface area contributed by atoms with E-state index < -0.39 is 0 Å². The van der Waals surface area contributed by atoms with E-state index in [0.717, 1.165) is 47.1 Å². The van der Waals surface area contributed by atoms with Gasteiger partial charge in [0.15, 0.2) is 0 Å². The number of nitrogens with one attached hydrogen (secondary N) is 2. The molecule has 0 atom stereocenters. The number of anilines is 4. The molecule has 2 heterocycles. The van der Waals surface area contributed by atoms with Gasteiger partial charge in [0, 0.05) is 41.8 Å². The van der Waals surface area contributed by atoms with Crippen molar-refractivity contribution in [2.24, 2.45) is 0 Å². The lowest BCUT2D eigenvalue weighted by molar-refractivity contribution is 0.102. The zero-order valence-electron chi connectivity index (χ0n) is 18.1. The Bertz CT molecular complexity index is 1060. The summed E-state index contributed by atoms with van der Waals surface area (Å²) >= 11 is 0. The first kappa shape index (κ1) is 20.8. The fraction of sp³-hybridized carbons (Fsp3) is 0.292. The number of benzene rings is 2. The maximum Gasteiger partial charge on any atom is 0.255 e. The number of morpholine rings is 1. The number of rotatable bonds is 5. The summed E-state index contributed by atoms with van der Waals surface area (Å²) in [4.78, 5) is 23.9. The van der Waals surface area contributed by atoms with Crippen molar-refractivity contribution in [2.45, 2.75) is 20.8 Å². The van der Waals surface area contributed by atoms with Gasteiger partial charge in [-0.25, -0.2) is 4.98 Å². The van der Waals surface area contributed by atoms with E-state index in [1.54, 1.807) is 0 Å². The van der Waals surface area contributed by atoms with E-state index in [9.17, 15) is 4.79 Å². The molecular formula is C24H27N5O2. The Hall–Kier alpha value is -3.45. The molecule has 3 aromatic rings. The molecule has 7 heteroatoms. The Balaban J connectivity index is 1.44. The minimum absolute atomic E-state index is 0.121. The van der Waals surface area contributed by atoms with Crippen LogP contribution >= 0.6 is 0 Å². The molecule has 160 valence electrons. The van der Waals surface area contributed by atoms with Crippen LogP contribution in [0.25, 0.3) is 0 Å². The van der Waals surface area contributed by atoms with Gasteiger partial charge in [-0.2, -0.15) is 4.98 Å². The van der Waals surface area contributed by atoms with E-state index in [1.165, 1.54) is 0 Å². The predicted octanol–water partition coefficient (Wildman–Crippen LogP) is 4.23. The Labute approximate surface area is 182 Å². The van der Waals surface area contributed by atoms with E-state index in [2.05, 4.69) is 31.6 Å². The molecule has 1 aliphatic rings. The van der Waals surface area contributed by atoms with Gasteiger partial charge in [-0.15, -0.1) is 0 Å². The summed E-state index contributed by atoms with van der Waals surface area (Å²) in [5, 5.41) is 6.21. The summed E-state index contributed by atoms with van der Waals surface area (Å²) in [7, 11) is 0. The molecule has 1 fully saturated rings. The molecule has 4 rings (SSSR count). The number of amides is 1. The highest BCUT2D eigenvalue weighted by Gasteiger charge is 2.14. The Morgan fingerprint density at radius 3 is 2.23 bits per heavy atom. The summed E-state index contributed by atoms with van der Waals surface area (Å²) in [5.74, 6) is 1.33. The minimum atomic E-state index is -0.121. The van der Waals surface area contributed by atoms with Gasteiger partial charge in [0.2, 0.25) is 5.95 Å². The number of aryl methyl sites for hydroxylation is 3. The molecule has 1 aromatic heterocycles. The first-order chi connectivity index (χ1) is 15.0. The Morgan fingerprint density at radius 1 is 0.903 bits per heavy atom. The molecule has 2 aromatic carbocycles. The van der Waals surface area contributed by atoms with Gasteiger partial charge in [-0.05, 0) is 57.2 Å². The van der Waals surface area contributed by atoms with Crippen LogP contribution in [0.1, 0.15) is 27.2 Å². The van der Waals surface area contributed by atoms with Gasteiger partial charge in [0.05, 0.1) is 13.2 Å². The van der Waals surface area contributed by atoms with Gasteiger partial charge < -0.3 is 20.3 Å². The molecule has 31 heavy (non-hydrogen) atoms. The van der Waals surface area contributed by atoms with E-state index in [4.69, 9.17) is 4.74 Å². The van der Waals surface area contributed by atoms with E-state index in [-0.39, 0.29) is 5.91 Å². The predicted molar refractivity (Wildman–Crippen MR) is 123 cm³/mol. The maximum absolute atomic E-state index is 12.6. The lowest BCUT2D eigenvalue weighted by Crippen LogP contribution is -2.36. The third kappa shape index (κ3) is 5.38. The van der Waals surface area contributed by atoms with Crippen molar-refractivity contribution in [1.29, 1.82) is 0 Å². The highest BCUT2D eigenvalue weighted by atomic mass is 16.5. The van der Waals surface area contributed by atoms with E-state index >= 15 is 0 Å². The van der Waals surface area contributed by atoms with Crippen LogP contribution in [0.5, 0.6) is 0 Å². The number of nitrogens with zero attached hydrogens (tertiary/aromatic N) is 3. The normalized spacial score (nSPS) is 13.7. The van der Waals surface area contributed by atoms with Crippen LogP contribution in [0.2, 0.25) is 0 Å². The average Bonchev–Trinajstić information content (AvgIpc) is 2.75.